The largest absolute Gasteiger partial charge is 0.449 e. The Morgan fingerprint density at radius 3 is 2.35 bits per heavy atom. The molecule has 1 aliphatic carbocycles. The van der Waals surface area contributed by atoms with Crippen LogP contribution in [0.1, 0.15) is 34.6 Å². The van der Waals surface area contributed by atoms with Crippen molar-refractivity contribution in [2.24, 2.45) is 0 Å². The van der Waals surface area contributed by atoms with Crippen molar-refractivity contribution in [1.29, 1.82) is 5.26 Å². The van der Waals surface area contributed by atoms with E-state index in [1.165, 1.54) is 22.3 Å². The van der Waals surface area contributed by atoms with Crippen molar-refractivity contribution in [3.8, 4) is 29.0 Å². The average molecular weight is 407 g/mol. The lowest BCUT2D eigenvalue weighted by Crippen LogP contribution is -2.26. The zero-order valence-corrected chi connectivity index (χ0v) is 16.9. The van der Waals surface area contributed by atoms with E-state index in [9.17, 15) is 10.1 Å². The maximum Gasteiger partial charge on any atom is 0.407 e. The molecule has 0 aliphatic heterocycles. The second-order valence-electron chi connectivity index (χ2n) is 7.19. The Balaban J connectivity index is 1.31. The summed E-state index contributed by atoms with van der Waals surface area (Å²) in [4.78, 5) is 12.2. The molecule has 3 aromatic carbocycles. The van der Waals surface area contributed by atoms with Crippen LogP contribution in [0.25, 0.3) is 11.1 Å². The van der Waals surface area contributed by atoms with E-state index in [4.69, 9.17) is 10.5 Å². The first-order chi connectivity index (χ1) is 15.2. The van der Waals surface area contributed by atoms with Crippen molar-refractivity contribution in [2.75, 3.05) is 18.9 Å². The minimum atomic E-state index is -0.467. The zero-order chi connectivity index (χ0) is 21.6. The van der Waals surface area contributed by atoms with Gasteiger partial charge in [-0.15, -0.1) is 0 Å². The molecule has 5 nitrogen and oxygen atoms in total. The van der Waals surface area contributed by atoms with Gasteiger partial charge in [0.2, 0.25) is 0 Å². The molecule has 0 saturated heterocycles. The molecule has 1 aliphatic rings. The fourth-order valence-electron chi connectivity index (χ4n) is 3.83. The van der Waals surface area contributed by atoms with Crippen LogP contribution in [-0.4, -0.2) is 19.2 Å². The molecule has 0 heterocycles. The predicted molar refractivity (Wildman–Crippen MR) is 120 cm³/mol. The van der Waals surface area contributed by atoms with E-state index in [1.807, 2.05) is 24.3 Å². The molecule has 0 aromatic heterocycles. The fraction of sp³-hybridized carbons (Fsp3) is 0.154. The lowest BCUT2D eigenvalue weighted by atomic mass is 9.98. The van der Waals surface area contributed by atoms with Crippen molar-refractivity contribution in [3.05, 3.63) is 89.0 Å². The molecule has 0 spiro atoms. The molecule has 1 amide bonds. The summed E-state index contributed by atoms with van der Waals surface area (Å²) in [5.74, 6) is 5.92. The molecule has 5 heteroatoms. The highest BCUT2D eigenvalue weighted by atomic mass is 16.5. The Labute approximate surface area is 181 Å². The molecule has 0 bridgehead atoms. The summed E-state index contributed by atoms with van der Waals surface area (Å²) >= 11 is 0. The highest BCUT2D eigenvalue weighted by Gasteiger charge is 2.28. The van der Waals surface area contributed by atoms with Gasteiger partial charge in [0.05, 0.1) is 11.3 Å². The first kappa shape index (κ1) is 20.1. The van der Waals surface area contributed by atoms with Crippen LogP contribution < -0.4 is 11.1 Å². The fourth-order valence-corrected chi connectivity index (χ4v) is 3.83. The smallest absolute Gasteiger partial charge is 0.407 e. The van der Waals surface area contributed by atoms with E-state index in [0.717, 1.165) is 0 Å². The number of hydrogen-bond acceptors (Lipinski definition) is 4. The standard InChI is InChI=1S/C26H21N3O2/c27-16-23-18(9-7-14-25(23)28)8-5-6-15-29-26(30)31-17-24-21-12-3-1-10-19(21)20-11-2-4-13-22(20)24/h1-4,7,9-14,24H,6,15,17,28H2,(H,29,30). The third kappa shape index (κ3) is 4.22. The predicted octanol–water partition coefficient (Wildman–Crippen LogP) is 4.42. The molecule has 3 N–H and O–H groups in total. The van der Waals surface area contributed by atoms with Crippen molar-refractivity contribution >= 4 is 11.8 Å². The van der Waals surface area contributed by atoms with Gasteiger partial charge in [0.15, 0.2) is 0 Å². The Morgan fingerprint density at radius 2 is 1.68 bits per heavy atom. The number of nitrogens with two attached hydrogens (primary N) is 1. The number of benzene rings is 3. The van der Waals surface area contributed by atoms with Gasteiger partial charge >= 0.3 is 6.09 Å². The molecule has 0 unspecified atom stereocenters. The van der Waals surface area contributed by atoms with Gasteiger partial charge in [0.1, 0.15) is 12.7 Å². The summed E-state index contributed by atoms with van der Waals surface area (Å²) in [6.45, 7) is 0.633. The van der Waals surface area contributed by atoms with E-state index in [1.54, 1.807) is 18.2 Å². The minimum Gasteiger partial charge on any atom is -0.449 e. The number of anilines is 1. The lowest BCUT2D eigenvalue weighted by molar-refractivity contribution is 0.143. The summed E-state index contributed by atoms with van der Waals surface area (Å²) in [6, 6.07) is 23.7. The average Bonchev–Trinajstić information content (AvgIpc) is 3.11. The molecule has 152 valence electrons. The Kier molecular flexibility index (Phi) is 5.87. The SMILES string of the molecule is N#Cc1c(N)cccc1C#CCCNC(=O)OCC1c2ccccc2-c2ccccc21. The molecule has 31 heavy (non-hydrogen) atoms. The van der Waals surface area contributed by atoms with Gasteiger partial charge in [-0.3, -0.25) is 0 Å². The maximum absolute atomic E-state index is 12.2. The summed E-state index contributed by atoms with van der Waals surface area (Å²) in [5, 5.41) is 11.9. The molecule has 4 rings (SSSR count). The number of rotatable bonds is 4. The van der Waals surface area contributed by atoms with Crippen LogP contribution in [-0.2, 0) is 4.74 Å². The number of carbonyl (C=O) groups is 1. The molecule has 0 radical (unpaired) electrons. The Hall–Kier alpha value is -4.22. The zero-order valence-electron chi connectivity index (χ0n) is 16.9. The van der Waals surface area contributed by atoms with Gasteiger partial charge < -0.3 is 15.8 Å². The van der Waals surface area contributed by atoms with Crippen LogP contribution in [0.15, 0.2) is 66.7 Å². The number of nitrogens with one attached hydrogen (secondary N) is 1. The van der Waals surface area contributed by atoms with Crippen LogP contribution in [0.3, 0.4) is 0 Å². The van der Waals surface area contributed by atoms with Crippen LogP contribution >= 0.6 is 0 Å². The number of ether oxygens (including phenoxy) is 1. The first-order valence-electron chi connectivity index (χ1n) is 10.1. The molecule has 0 saturated carbocycles. The monoisotopic (exact) mass is 407 g/mol. The number of nitrogen functional groups attached to an aromatic ring is 1. The number of amides is 1. The number of nitriles is 1. The van der Waals surface area contributed by atoms with Gasteiger partial charge in [-0.25, -0.2) is 4.79 Å². The Morgan fingerprint density at radius 1 is 1.00 bits per heavy atom. The summed E-state index contributed by atoms with van der Waals surface area (Å²) < 4.78 is 5.50. The second-order valence-corrected chi connectivity index (χ2v) is 7.19. The van der Waals surface area contributed by atoms with Crippen LogP contribution in [0.5, 0.6) is 0 Å². The molecule has 0 atom stereocenters. The number of nitrogens with zero attached hydrogens (tertiary/aromatic N) is 1. The van der Waals surface area contributed by atoms with Gasteiger partial charge in [-0.1, -0.05) is 66.4 Å². The molecular weight excluding hydrogens is 386 g/mol. The number of hydrogen-bond donors (Lipinski definition) is 2. The highest BCUT2D eigenvalue weighted by molar-refractivity contribution is 5.79. The van der Waals surface area contributed by atoms with Gasteiger partial charge in [0, 0.05) is 24.4 Å². The first-order valence-corrected chi connectivity index (χ1v) is 10.1. The minimum absolute atomic E-state index is 0.0332. The third-order valence-electron chi connectivity index (χ3n) is 5.29. The van der Waals surface area contributed by atoms with Crippen molar-refractivity contribution in [1.82, 2.24) is 5.32 Å². The quantitative estimate of drug-likeness (QED) is 0.381. The van der Waals surface area contributed by atoms with Gasteiger partial charge in [0.25, 0.3) is 0 Å². The van der Waals surface area contributed by atoms with Gasteiger partial charge in [-0.05, 0) is 34.4 Å². The molecule has 0 fully saturated rings. The van der Waals surface area contributed by atoms with E-state index < -0.39 is 6.09 Å². The molecule has 3 aromatic rings. The van der Waals surface area contributed by atoms with E-state index in [-0.39, 0.29) is 12.5 Å². The van der Waals surface area contributed by atoms with Crippen LogP contribution in [0.4, 0.5) is 10.5 Å². The normalized spacial score (nSPS) is 11.5. The lowest BCUT2D eigenvalue weighted by Gasteiger charge is -2.14. The van der Waals surface area contributed by atoms with E-state index in [2.05, 4.69) is 47.5 Å². The number of alkyl carbamates (subject to hydrolysis) is 1. The summed E-state index contributed by atoms with van der Waals surface area (Å²) in [5.41, 5.74) is 11.9. The Bertz CT molecular complexity index is 1190. The topological polar surface area (TPSA) is 88.1 Å². The summed E-state index contributed by atoms with van der Waals surface area (Å²) in [6.07, 6.45) is -0.0329. The highest BCUT2D eigenvalue weighted by Crippen LogP contribution is 2.44. The van der Waals surface area contributed by atoms with Crippen LogP contribution in [0, 0.1) is 23.2 Å². The summed E-state index contributed by atoms with van der Waals surface area (Å²) in [7, 11) is 0. The van der Waals surface area contributed by atoms with Crippen molar-refractivity contribution in [3.63, 3.8) is 0 Å². The number of fused-ring (bicyclic) bond motifs is 3. The van der Waals surface area contributed by atoms with E-state index >= 15 is 0 Å². The second kappa shape index (κ2) is 9.07. The van der Waals surface area contributed by atoms with Crippen molar-refractivity contribution < 1.29 is 9.53 Å². The van der Waals surface area contributed by atoms with Crippen LogP contribution in [0.2, 0.25) is 0 Å². The molecular formula is C26H21N3O2. The number of carbonyl (C=O) groups excluding carboxylic acids is 1. The van der Waals surface area contributed by atoms with Crippen molar-refractivity contribution in [2.45, 2.75) is 12.3 Å². The van der Waals surface area contributed by atoms with Gasteiger partial charge in [-0.2, -0.15) is 5.26 Å². The van der Waals surface area contributed by atoms with E-state index in [0.29, 0.717) is 29.8 Å². The maximum atomic E-state index is 12.2. The third-order valence-corrected chi connectivity index (χ3v) is 5.29.